The van der Waals surface area contributed by atoms with Crippen molar-refractivity contribution in [2.45, 2.75) is 57.0 Å². The lowest BCUT2D eigenvalue weighted by Gasteiger charge is -2.29. The summed E-state index contributed by atoms with van der Waals surface area (Å²) >= 11 is 1.52. The van der Waals surface area contributed by atoms with E-state index in [1.807, 2.05) is 0 Å². The molecule has 0 atom stereocenters. The highest BCUT2D eigenvalue weighted by Gasteiger charge is 2.30. The summed E-state index contributed by atoms with van der Waals surface area (Å²) in [6.45, 7) is 4.24. The number of carbonyl (C=O) groups excluding carboxylic acids is 2. The molecule has 1 fully saturated rings. The first kappa shape index (κ1) is 24.8. The molecule has 2 aliphatic rings. The van der Waals surface area contributed by atoms with E-state index in [9.17, 15) is 18.0 Å². The molecule has 0 radical (unpaired) electrons. The number of hydrogen-bond donors (Lipinski definition) is 1. The minimum Gasteiger partial charge on any atom is -0.469 e. The van der Waals surface area contributed by atoms with E-state index in [1.54, 1.807) is 31.2 Å². The molecule has 1 aromatic carbocycles. The summed E-state index contributed by atoms with van der Waals surface area (Å²) in [6, 6.07) is 6.47. The fourth-order valence-electron chi connectivity index (χ4n) is 4.73. The van der Waals surface area contributed by atoms with Gasteiger partial charge in [0.2, 0.25) is 5.91 Å². The zero-order valence-corrected chi connectivity index (χ0v) is 21.2. The van der Waals surface area contributed by atoms with Gasteiger partial charge in [-0.3, -0.25) is 14.5 Å². The first-order chi connectivity index (χ1) is 16.3. The van der Waals surface area contributed by atoms with Crippen molar-refractivity contribution in [3.8, 4) is 0 Å². The molecule has 8 nitrogen and oxygen atoms in total. The minimum atomic E-state index is -3.24. The standard InChI is InChI=1S/C24H31N3O5S2/c1-3-34(30,31)19-10-6-16(7-11-19)12-22(28)26-24-25-20-14-27(15-21(20)33-24)13-17-4-8-18(9-5-17)23(29)32-2/h6-7,10-11,17-18H,3-5,8-9,12-15H2,1-2H3,(H,25,26,28). The number of methoxy groups -OCH3 is 1. The molecule has 2 aromatic rings. The van der Waals surface area contributed by atoms with Crippen molar-refractivity contribution in [2.24, 2.45) is 11.8 Å². The molecule has 1 aromatic heterocycles. The average molecular weight is 506 g/mol. The Morgan fingerprint density at radius 2 is 1.85 bits per heavy atom. The number of anilines is 1. The van der Waals surface area contributed by atoms with E-state index in [-0.39, 0.29) is 34.9 Å². The molecule has 0 spiro atoms. The molecule has 1 amide bonds. The van der Waals surface area contributed by atoms with Gasteiger partial charge in [0.05, 0.1) is 35.8 Å². The number of nitrogens with one attached hydrogen (secondary N) is 1. The lowest BCUT2D eigenvalue weighted by atomic mass is 9.82. The summed E-state index contributed by atoms with van der Waals surface area (Å²) in [5, 5.41) is 3.49. The summed E-state index contributed by atoms with van der Waals surface area (Å²) < 4.78 is 28.7. The molecule has 0 saturated heterocycles. The van der Waals surface area contributed by atoms with Gasteiger partial charge in [0, 0.05) is 24.5 Å². The lowest BCUT2D eigenvalue weighted by Crippen LogP contribution is -2.30. The number of amides is 1. The molecule has 1 aliphatic heterocycles. The van der Waals surface area contributed by atoms with E-state index < -0.39 is 9.84 Å². The summed E-state index contributed by atoms with van der Waals surface area (Å²) in [7, 11) is -1.78. The molecule has 10 heteroatoms. The van der Waals surface area contributed by atoms with E-state index in [0.717, 1.165) is 56.6 Å². The Bertz CT molecular complexity index is 1110. The van der Waals surface area contributed by atoms with Crippen LogP contribution in [-0.2, 0) is 43.7 Å². The maximum Gasteiger partial charge on any atom is 0.308 e. The van der Waals surface area contributed by atoms with Crippen LogP contribution in [0, 0.1) is 11.8 Å². The van der Waals surface area contributed by atoms with Crippen LogP contribution < -0.4 is 5.32 Å². The third kappa shape index (κ3) is 5.84. The van der Waals surface area contributed by atoms with Crippen LogP contribution in [0.3, 0.4) is 0 Å². The van der Waals surface area contributed by atoms with E-state index in [4.69, 9.17) is 4.74 Å². The second-order valence-corrected chi connectivity index (χ2v) is 12.4. The quantitative estimate of drug-likeness (QED) is 0.548. The monoisotopic (exact) mass is 505 g/mol. The number of esters is 1. The number of sulfone groups is 1. The van der Waals surface area contributed by atoms with E-state index in [1.165, 1.54) is 23.3 Å². The maximum absolute atomic E-state index is 12.5. The third-order valence-electron chi connectivity index (χ3n) is 6.69. The number of fused-ring (bicyclic) bond motifs is 1. The second kappa shape index (κ2) is 10.5. The van der Waals surface area contributed by atoms with Crippen molar-refractivity contribution in [1.82, 2.24) is 9.88 Å². The number of nitrogens with zero attached hydrogens (tertiary/aromatic N) is 2. The summed E-state index contributed by atoms with van der Waals surface area (Å²) in [5.41, 5.74) is 1.78. The van der Waals surface area contributed by atoms with Crippen molar-refractivity contribution < 1.29 is 22.7 Å². The van der Waals surface area contributed by atoms with E-state index in [2.05, 4.69) is 15.2 Å². The molecule has 34 heavy (non-hydrogen) atoms. The molecule has 2 heterocycles. The van der Waals surface area contributed by atoms with Crippen LogP contribution >= 0.6 is 11.3 Å². The van der Waals surface area contributed by atoms with Crippen LogP contribution in [-0.4, -0.2) is 49.6 Å². The predicted molar refractivity (Wildman–Crippen MR) is 130 cm³/mol. The van der Waals surface area contributed by atoms with Crippen LogP contribution in [0.2, 0.25) is 0 Å². The highest BCUT2D eigenvalue weighted by atomic mass is 32.2. The second-order valence-electron chi connectivity index (χ2n) is 9.07. The summed E-state index contributed by atoms with van der Waals surface area (Å²) in [5.74, 6) is 0.444. The topological polar surface area (TPSA) is 106 Å². The smallest absolute Gasteiger partial charge is 0.308 e. The van der Waals surface area contributed by atoms with Crippen molar-refractivity contribution in [3.05, 3.63) is 40.4 Å². The Balaban J connectivity index is 1.24. The lowest BCUT2D eigenvalue weighted by molar-refractivity contribution is -0.146. The van der Waals surface area contributed by atoms with Gasteiger partial charge in [0.25, 0.3) is 0 Å². The summed E-state index contributed by atoms with van der Waals surface area (Å²) in [4.78, 5) is 32.7. The molecule has 184 valence electrons. The maximum atomic E-state index is 12.5. The Hall–Kier alpha value is -2.30. The number of hydrogen-bond acceptors (Lipinski definition) is 8. The largest absolute Gasteiger partial charge is 0.469 e. The minimum absolute atomic E-state index is 0.0511. The van der Waals surface area contributed by atoms with Crippen LogP contribution in [0.4, 0.5) is 5.13 Å². The van der Waals surface area contributed by atoms with Gasteiger partial charge in [0.15, 0.2) is 15.0 Å². The molecule has 1 saturated carbocycles. The van der Waals surface area contributed by atoms with Gasteiger partial charge in [-0.1, -0.05) is 19.1 Å². The highest BCUT2D eigenvalue weighted by Crippen LogP contribution is 2.35. The van der Waals surface area contributed by atoms with Crippen LogP contribution in [0.5, 0.6) is 0 Å². The third-order valence-corrected chi connectivity index (χ3v) is 9.44. The molecule has 0 bridgehead atoms. The molecule has 4 rings (SSSR count). The van der Waals surface area contributed by atoms with Crippen LogP contribution in [0.25, 0.3) is 0 Å². The number of thiazole rings is 1. The van der Waals surface area contributed by atoms with E-state index >= 15 is 0 Å². The van der Waals surface area contributed by atoms with Gasteiger partial charge in [0.1, 0.15) is 0 Å². The van der Waals surface area contributed by atoms with E-state index in [0.29, 0.717) is 11.0 Å². The van der Waals surface area contributed by atoms with Gasteiger partial charge < -0.3 is 10.1 Å². The molecule has 1 aliphatic carbocycles. The molecular formula is C24H31N3O5S2. The molecular weight excluding hydrogens is 474 g/mol. The average Bonchev–Trinajstić information content (AvgIpc) is 3.37. The normalized spacial score (nSPS) is 20.6. The number of benzene rings is 1. The Morgan fingerprint density at radius 1 is 1.15 bits per heavy atom. The van der Waals surface area contributed by atoms with Gasteiger partial charge in [-0.25, -0.2) is 13.4 Å². The SMILES string of the molecule is CCS(=O)(=O)c1ccc(CC(=O)Nc2nc3c(s2)CN(CC2CCC(C(=O)OC)CC2)C3)cc1. The number of carbonyl (C=O) groups is 2. The van der Waals surface area contributed by atoms with Gasteiger partial charge in [-0.15, -0.1) is 11.3 Å². The highest BCUT2D eigenvalue weighted by molar-refractivity contribution is 7.91. The fraction of sp³-hybridized carbons (Fsp3) is 0.542. The van der Waals surface area contributed by atoms with Gasteiger partial charge in [-0.2, -0.15) is 0 Å². The Kier molecular flexibility index (Phi) is 7.69. The first-order valence-electron chi connectivity index (χ1n) is 11.7. The Morgan fingerprint density at radius 3 is 2.47 bits per heavy atom. The molecule has 1 N–H and O–H groups in total. The number of aromatic nitrogens is 1. The first-order valence-corrected chi connectivity index (χ1v) is 14.1. The van der Waals surface area contributed by atoms with Crippen LogP contribution in [0.15, 0.2) is 29.2 Å². The van der Waals surface area contributed by atoms with Gasteiger partial charge in [-0.05, 0) is 49.3 Å². The van der Waals surface area contributed by atoms with Gasteiger partial charge >= 0.3 is 5.97 Å². The molecule has 0 unspecified atom stereocenters. The Labute approximate surface area is 204 Å². The summed E-state index contributed by atoms with van der Waals surface area (Å²) in [6.07, 6.45) is 4.06. The van der Waals surface area contributed by atoms with Crippen molar-refractivity contribution in [2.75, 3.05) is 24.7 Å². The number of rotatable bonds is 8. The van der Waals surface area contributed by atoms with Crippen LogP contribution in [0.1, 0.15) is 48.7 Å². The fourth-order valence-corrected chi connectivity index (χ4v) is 6.64. The van der Waals surface area contributed by atoms with Crippen molar-refractivity contribution >= 4 is 38.2 Å². The predicted octanol–water partition coefficient (Wildman–Crippen LogP) is 3.41. The van der Waals surface area contributed by atoms with Crippen molar-refractivity contribution in [3.63, 3.8) is 0 Å². The number of ether oxygens (including phenoxy) is 1. The zero-order valence-electron chi connectivity index (χ0n) is 19.6. The van der Waals surface area contributed by atoms with Crippen molar-refractivity contribution in [1.29, 1.82) is 0 Å². The zero-order chi connectivity index (χ0) is 24.3.